The molecule has 8 unspecified atom stereocenters. The third-order valence-corrected chi connectivity index (χ3v) is 19.5. The number of hydrogen-bond acceptors (Lipinski definition) is 5. The van der Waals surface area contributed by atoms with Crippen molar-refractivity contribution < 1.29 is 9.15 Å². The molecule has 0 radical (unpaired) electrons. The maximum absolute atomic E-state index is 7.53. The molecule has 8 aliphatic rings. The number of amidine groups is 1. The highest BCUT2D eigenvalue weighted by atomic mass is 16.5. The van der Waals surface area contributed by atoms with Gasteiger partial charge in [0.1, 0.15) is 23.7 Å². The van der Waals surface area contributed by atoms with E-state index in [9.17, 15) is 0 Å². The summed E-state index contributed by atoms with van der Waals surface area (Å²) in [5.41, 5.74) is 19.5. The molecule has 392 valence electrons. The Labute approximate surface area is 463 Å². The van der Waals surface area contributed by atoms with Crippen LogP contribution in [0.5, 0.6) is 0 Å². The van der Waals surface area contributed by atoms with Crippen LogP contribution in [0.25, 0.3) is 56.0 Å². The first-order valence-corrected chi connectivity index (χ1v) is 29.4. The monoisotopic (exact) mass is 1030 g/mol. The number of aliphatic imine (C=N–C) groups is 1. The number of allylic oxidation sites excluding steroid dienone is 9. The van der Waals surface area contributed by atoms with Crippen molar-refractivity contribution in [3.05, 3.63) is 238 Å². The Hall–Kier alpha value is -7.87. The van der Waals surface area contributed by atoms with Crippen LogP contribution in [0.1, 0.15) is 117 Å². The normalized spacial score (nSPS) is 27.1. The van der Waals surface area contributed by atoms with Crippen LogP contribution in [0, 0.1) is 23.7 Å². The number of nitrogens with one attached hydrogen (secondary N) is 1. The molecule has 3 aromatic heterocycles. The number of hydrogen-bond donors (Lipinski definition) is 1. The van der Waals surface area contributed by atoms with Gasteiger partial charge in [-0.1, -0.05) is 164 Å². The number of rotatable bonds is 7. The predicted octanol–water partition coefficient (Wildman–Crippen LogP) is 16.9. The molecule has 79 heavy (non-hydrogen) atoms. The van der Waals surface area contributed by atoms with E-state index in [1.807, 2.05) is 0 Å². The molecule has 0 bridgehead atoms. The third kappa shape index (κ3) is 7.44. The summed E-state index contributed by atoms with van der Waals surface area (Å²) in [5, 5.41) is 8.07. The summed E-state index contributed by atoms with van der Waals surface area (Å²) in [6.45, 7) is 4.85. The van der Waals surface area contributed by atoms with E-state index in [1.54, 1.807) is 0 Å². The number of aryl methyl sites for hydroxylation is 2. The fourth-order valence-electron chi connectivity index (χ4n) is 15.8. The van der Waals surface area contributed by atoms with Gasteiger partial charge in [0.05, 0.1) is 34.9 Å². The van der Waals surface area contributed by atoms with Gasteiger partial charge in [-0.3, -0.25) is 4.90 Å². The highest BCUT2D eigenvalue weighted by Gasteiger charge is 2.48. The molecule has 5 aromatic carbocycles. The van der Waals surface area contributed by atoms with Crippen molar-refractivity contribution in [2.75, 3.05) is 7.05 Å². The zero-order valence-corrected chi connectivity index (χ0v) is 45.5. The SMILES string of the molecule is CC1=Cc2c(n(-c3ccccc3)c3ccccc23)C2OC3=C(CC(C)C(C4=C(C5=NC(c6ccccc6)N(C)C(C6C=CC=CC6)N5)C[C@H](c5ccc6c7c(oc6c5)-c5c(c6ccccc6n5C5C=CCCC5)CC7)C=C4)C3)C12. The molecule has 0 saturated carbocycles. The molecular formula is C72H67N5O2. The van der Waals surface area contributed by atoms with Crippen molar-refractivity contribution >= 4 is 44.7 Å². The summed E-state index contributed by atoms with van der Waals surface area (Å²) in [4.78, 5) is 8.28. The van der Waals surface area contributed by atoms with E-state index in [0.29, 0.717) is 12.0 Å². The lowest BCUT2D eigenvalue weighted by molar-refractivity contribution is 0.106. The Morgan fingerprint density at radius 2 is 1.53 bits per heavy atom. The van der Waals surface area contributed by atoms with Crippen LogP contribution in [0.15, 0.2) is 213 Å². The van der Waals surface area contributed by atoms with E-state index in [-0.39, 0.29) is 42.1 Å². The van der Waals surface area contributed by atoms with Crippen LogP contribution in [0.4, 0.5) is 0 Å². The van der Waals surface area contributed by atoms with Gasteiger partial charge in [-0.2, -0.15) is 0 Å². The van der Waals surface area contributed by atoms with Crippen LogP contribution in [0.2, 0.25) is 0 Å². The summed E-state index contributed by atoms with van der Waals surface area (Å²) in [7, 11) is 2.25. The van der Waals surface area contributed by atoms with Crippen molar-refractivity contribution in [1.82, 2.24) is 19.4 Å². The van der Waals surface area contributed by atoms with Gasteiger partial charge in [0.25, 0.3) is 0 Å². The quantitative estimate of drug-likeness (QED) is 0.162. The molecule has 2 aliphatic heterocycles. The van der Waals surface area contributed by atoms with E-state index < -0.39 is 0 Å². The molecule has 0 amide bonds. The van der Waals surface area contributed by atoms with Gasteiger partial charge in [-0.25, -0.2) is 4.99 Å². The third-order valence-electron chi connectivity index (χ3n) is 19.5. The molecule has 9 atom stereocenters. The second-order valence-electron chi connectivity index (χ2n) is 24.0. The molecule has 6 aliphatic carbocycles. The first kappa shape index (κ1) is 47.2. The van der Waals surface area contributed by atoms with Crippen molar-refractivity contribution in [2.45, 2.75) is 102 Å². The van der Waals surface area contributed by atoms with Crippen LogP contribution < -0.4 is 5.32 Å². The number of nitrogens with zero attached hydrogens (tertiary/aromatic N) is 4. The smallest absolute Gasteiger partial charge is 0.155 e. The Balaban J connectivity index is 0.797. The van der Waals surface area contributed by atoms with Crippen LogP contribution >= 0.6 is 0 Å². The minimum atomic E-state index is -0.144. The standard InChI is InChI=1S/C72H67N5O2/c1-43-38-60-64(79-69-65(60)44(2)39-58-53-29-17-19-31-62(53)77(67(58)69)50-26-14-7-15-27-50)42-57(43)51-34-32-47(40-59(51)70-73-71(45-20-8-4-9-21-45)75(3)72(74-70)46-22-10-5-11-23-46)48-33-35-54-56-37-36-55-52-28-16-18-30-61(52)76(49-24-12-6-13-25-49)66(55)68(56)78-63(54)41-48/h4-5,7-12,14-22,24,26-35,39,41,43,46-47,49,57,65,69,71-72H,6,13,23,25,36-38,40,42H2,1-3H3,(H,73,74)/t43?,46?,47-,49?,57?,65?,69?,71?,72?/m1/s1. The highest BCUT2D eigenvalue weighted by molar-refractivity contribution is 6.01. The summed E-state index contributed by atoms with van der Waals surface area (Å²) >= 11 is 0. The lowest BCUT2D eigenvalue weighted by atomic mass is 9.68. The van der Waals surface area contributed by atoms with Gasteiger partial charge in [0.2, 0.25) is 0 Å². The average Bonchev–Trinajstić information content (AvgIpc) is 3.82. The number of furan rings is 1. The molecule has 0 spiro atoms. The van der Waals surface area contributed by atoms with Crippen molar-refractivity contribution in [1.29, 1.82) is 0 Å². The van der Waals surface area contributed by atoms with Gasteiger partial charge in [0, 0.05) is 62.7 Å². The fourth-order valence-corrected chi connectivity index (χ4v) is 15.8. The van der Waals surface area contributed by atoms with E-state index in [4.69, 9.17) is 14.1 Å². The number of para-hydroxylation sites is 3. The van der Waals surface area contributed by atoms with E-state index >= 15 is 0 Å². The highest BCUT2D eigenvalue weighted by Crippen LogP contribution is 2.58. The Kier molecular flexibility index (Phi) is 11.1. The number of aromatic nitrogens is 2. The van der Waals surface area contributed by atoms with E-state index in [1.165, 1.54) is 107 Å². The zero-order valence-electron chi connectivity index (χ0n) is 45.5. The second kappa shape index (κ2) is 18.6. The molecule has 7 nitrogen and oxygen atoms in total. The minimum absolute atomic E-state index is 0.0482. The minimum Gasteiger partial charge on any atom is -0.488 e. The maximum Gasteiger partial charge on any atom is 0.155 e. The van der Waals surface area contributed by atoms with Crippen molar-refractivity contribution in [3.63, 3.8) is 0 Å². The zero-order chi connectivity index (χ0) is 52.5. The largest absolute Gasteiger partial charge is 0.488 e. The molecule has 7 heteroatoms. The topological polar surface area (TPSA) is 59.9 Å². The van der Waals surface area contributed by atoms with E-state index in [2.05, 4.69) is 222 Å². The Morgan fingerprint density at radius 1 is 0.734 bits per heavy atom. The second-order valence-corrected chi connectivity index (χ2v) is 24.0. The van der Waals surface area contributed by atoms with Gasteiger partial charge < -0.3 is 23.6 Å². The molecular weight excluding hydrogens is 967 g/mol. The van der Waals surface area contributed by atoms with Crippen LogP contribution in [-0.2, 0) is 17.6 Å². The molecule has 8 aromatic rings. The van der Waals surface area contributed by atoms with Crippen LogP contribution in [-0.4, -0.2) is 33.1 Å². The van der Waals surface area contributed by atoms with Crippen molar-refractivity contribution in [2.24, 2.45) is 28.7 Å². The first-order valence-electron chi connectivity index (χ1n) is 29.4. The Morgan fingerprint density at radius 3 is 2.35 bits per heavy atom. The van der Waals surface area contributed by atoms with Gasteiger partial charge in [0.15, 0.2) is 5.76 Å². The lowest BCUT2D eigenvalue weighted by Gasteiger charge is -2.44. The average molecular weight is 1030 g/mol. The lowest BCUT2D eigenvalue weighted by Crippen LogP contribution is -2.55. The van der Waals surface area contributed by atoms with Crippen molar-refractivity contribution in [3.8, 4) is 17.1 Å². The number of ether oxygens (including phenoxy) is 1. The summed E-state index contributed by atoms with van der Waals surface area (Å²) in [5.74, 6) is 4.54. The molecule has 16 rings (SSSR count). The molecule has 5 heterocycles. The molecule has 0 saturated heterocycles. The molecule has 0 fully saturated rings. The van der Waals surface area contributed by atoms with Gasteiger partial charge in [-0.15, -0.1) is 0 Å². The predicted molar refractivity (Wildman–Crippen MR) is 321 cm³/mol. The number of benzene rings is 5. The Bertz CT molecular complexity index is 4060. The summed E-state index contributed by atoms with van der Waals surface area (Å²) < 4.78 is 19.9. The van der Waals surface area contributed by atoms with Gasteiger partial charge in [-0.05, 0) is 141 Å². The molecule has 1 N–H and O–H groups in total. The van der Waals surface area contributed by atoms with Gasteiger partial charge >= 0.3 is 0 Å². The maximum atomic E-state index is 7.53. The first-order chi connectivity index (χ1) is 38.9. The number of fused-ring (bicyclic) bond motifs is 13. The summed E-state index contributed by atoms with van der Waals surface area (Å²) in [6.07, 6.45) is 30.4. The summed E-state index contributed by atoms with van der Waals surface area (Å²) in [6, 6.07) is 47.3. The van der Waals surface area contributed by atoms with E-state index in [0.717, 1.165) is 68.5 Å². The fraction of sp³-hybridized carbons (Fsp3) is 0.292. The van der Waals surface area contributed by atoms with Crippen LogP contribution in [0.3, 0.4) is 0 Å².